The number of fused-ring (bicyclic) bond motifs is 1. The molecule has 0 spiro atoms. The zero-order chi connectivity index (χ0) is 17.5. The average molecular weight is 328 g/mol. The molecule has 1 N–H and O–H groups in total. The molecule has 1 heterocycles. The van der Waals surface area contributed by atoms with Crippen LogP contribution in [0.15, 0.2) is 34.7 Å². The lowest BCUT2D eigenvalue weighted by Gasteiger charge is -2.36. The summed E-state index contributed by atoms with van der Waals surface area (Å²) in [5, 5.41) is 14.6. The van der Waals surface area contributed by atoms with Crippen LogP contribution in [-0.4, -0.2) is 4.92 Å². The number of benzene rings is 1. The number of hydrogen-bond acceptors (Lipinski definition) is 4. The van der Waals surface area contributed by atoms with E-state index in [1.54, 1.807) is 12.1 Å². The van der Waals surface area contributed by atoms with Crippen molar-refractivity contribution in [2.24, 2.45) is 5.41 Å². The van der Waals surface area contributed by atoms with Crippen molar-refractivity contribution in [3.8, 4) is 0 Å². The van der Waals surface area contributed by atoms with E-state index in [0.29, 0.717) is 0 Å². The van der Waals surface area contributed by atoms with Crippen LogP contribution in [0.3, 0.4) is 0 Å². The monoisotopic (exact) mass is 328 g/mol. The molecule has 0 aliphatic heterocycles. The second kappa shape index (κ2) is 6.06. The van der Waals surface area contributed by atoms with E-state index in [1.165, 1.54) is 11.6 Å². The lowest BCUT2D eigenvalue weighted by Crippen LogP contribution is -2.34. The molecule has 3 rings (SSSR count). The minimum absolute atomic E-state index is 0.0202. The van der Waals surface area contributed by atoms with Gasteiger partial charge in [-0.05, 0) is 37.3 Å². The highest BCUT2D eigenvalue weighted by molar-refractivity contribution is 5.36. The maximum atomic E-state index is 11.0. The summed E-state index contributed by atoms with van der Waals surface area (Å²) in [4.78, 5) is 10.6. The van der Waals surface area contributed by atoms with Gasteiger partial charge in [-0.3, -0.25) is 10.1 Å². The Labute approximate surface area is 142 Å². The Morgan fingerprint density at radius 2 is 2.12 bits per heavy atom. The molecule has 0 radical (unpaired) electrons. The van der Waals surface area contributed by atoms with Crippen molar-refractivity contribution in [3.63, 3.8) is 0 Å². The lowest BCUT2D eigenvalue weighted by atomic mass is 9.74. The number of nitrogens with zero attached hydrogens (tertiary/aromatic N) is 1. The molecule has 2 atom stereocenters. The summed E-state index contributed by atoms with van der Waals surface area (Å²) in [6.07, 6.45) is 1.96. The van der Waals surface area contributed by atoms with Gasteiger partial charge in [-0.25, -0.2) is 0 Å². The molecule has 0 amide bonds. The molecule has 1 aliphatic carbocycles. The predicted octanol–water partition coefficient (Wildman–Crippen LogP) is 4.86. The van der Waals surface area contributed by atoms with Crippen LogP contribution in [0.5, 0.6) is 0 Å². The topological polar surface area (TPSA) is 68.3 Å². The summed E-state index contributed by atoms with van der Waals surface area (Å²) >= 11 is 0. The molecule has 1 aliphatic rings. The Morgan fingerprint density at radius 3 is 2.83 bits per heavy atom. The van der Waals surface area contributed by atoms with E-state index >= 15 is 0 Å². The Bertz CT molecular complexity index is 764. The molecule has 0 bridgehead atoms. The van der Waals surface area contributed by atoms with E-state index in [2.05, 4.69) is 25.2 Å². The zero-order valence-electron chi connectivity index (χ0n) is 14.6. The van der Waals surface area contributed by atoms with E-state index in [0.717, 1.165) is 29.9 Å². The molecule has 1 aromatic heterocycles. The van der Waals surface area contributed by atoms with Crippen molar-refractivity contribution < 1.29 is 9.34 Å². The number of aryl methyl sites for hydroxylation is 1. The van der Waals surface area contributed by atoms with Crippen molar-refractivity contribution in [2.75, 3.05) is 0 Å². The lowest BCUT2D eigenvalue weighted by molar-refractivity contribution is -0.384. The Balaban J connectivity index is 1.85. The molecule has 0 fully saturated rings. The van der Waals surface area contributed by atoms with Crippen molar-refractivity contribution >= 4 is 5.69 Å². The van der Waals surface area contributed by atoms with E-state index in [4.69, 9.17) is 4.42 Å². The molecule has 5 nitrogen and oxygen atoms in total. The van der Waals surface area contributed by atoms with Crippen LogP contribution in [0.2, 0.25) is 0 Å². The molecule has 2 unspecified atom stereocenters. The second-order valence-corrected chi connectivity index (χ2v) is 7.57. The quantitative estimate of drug-likeness (QED) is 0.643. The number of hydrogen-bond donors (Lipinski definition) is 1. The number of nitro benzene ring substituents is 1. The van der Waals surface area contributed by atoms with Crippen LogP contribution in [0.4, 0.5) is 5.69 Å². The summed E-state index contributed by atoms with van der Waals surface area (Å²) in [7, 11) is 0. The fourth-order valence-electron chi connectivity index (χ4n) is 3.64. The third-order valence-corrected chi connectivity index (χ3v) is 4.77. The van der Waals surface area contributed by atoms with E-state index < -0.39 is 0 Å². The Morgan fingerprint density at radius 1 is 1.38 bits per heavy atom. The summed E-state index contributed by atoms with van der Waals surface area (Å²) in [6.45, 7) is 8.53. The zero-order valence-corrected chi connectivity index (χ0v) is 14.6. The largest absolute Gasteiger partial charge is 0.466 e. The van der Waals surface area contributed by atoms with Crippen molar-refractivity contribution in [3.05, 3.63) is 63.1 Å². The highest BCUT2D eigenvalue weighted by Crippen LogP contribution is 2.42. The van der Waals surface area contributed by atoms with Crippen molar-refractivity contribution in [1.82, 2.24) is 5.32 Å². The van der Waals surface area contributed by atoms with Gasteiger partial charge in [-0.1, -0.05) is 26.0 Å². The summed E-state index contributed by atoms with van der Waals surface area (Å²) < 4.78 is 5.88. The van der Waals surface area contributed by atoms with Gasteiger partial charge in [0.1, 0.15) is 11.5 Å². The van der Waals surface area contributed by atoms with Crippen LogP contribution in [0.25, 0.3) is 0 Å². The first-order valence-electron chi connectivity index (χ1n) is 8.35. The van der Waals surface area contributed by atoms with E-state index in [1.807, 2.05) is 19.9 Å². The maximum Gasteiger partial charge on any atom is 0.269 e. The Kier molecular flexibility index (Phi) is 4.22. The Hall–Kier alpha value is -2.14. The third-order valence-electron chi connectivity index (χ3n) is 4.77. The number of furan rings is 1. The summed E-state index contributed by atoms with van der Waals surface area (Å²) in [5.41, 5.74) is 2.44. The predicted molar refractivity (Wildman–Crippen MR) is 92.9 cm³/mol. The van der Waals surface area contributed by atoms with Crippen LogP contribution >= 0.6 is 0 Å². The first-order valence-corrected chi connectivity index (χ1v) is 8.35. The normalized spacial score (nSPS) is 20.4. The first kappa shape index (κ1) is 16.7. The molecule has 128 valence electrons. The fourth-order valence-corrected chi connectivity index (χ4v) is 3.64. The minimum Gasteiger partial charge on any atom is -0.466 e. The smallest absolute Gasteiger partial charge is 0.269 e. The van der Waals surface area contributed by atoms with Crippen LogP contribution in [0.1, 0.15) is 61.9 Å². The van der Waals surface area contributed by atoms with Gasteiger partial charge in [0.2, 0.25) is 0 Å². The van der Waals surface area contributed by atoms with E-state index in [9.17, 15) is 10.1 Å². The van der Waals surface area contributed by atoms with Gasteiger partial charge in [0.15, 0.2) is 0 Å². The highest BCUT2D eigenvalue weighted by atomic mass is 16.6. The minimum atomic E-state index is -0.350. The van der Waals surface area contributed by atoms with Crippen molar-refractivity contribution in [2.45, 2.75) is 52.6 Å². The van der Waals surface area contributed by atoms with Crippen LogP contribution in [0, 0.1) is 22.5 Å². The number of nitrogens with one attached hydrogen (secondary N) is 1. The second-order valence-electron chi connectivity index (χ2n) is 7.57. The molecule has 2 aromatic rings. The molecule has 0 saturated carbocycles. The van der Waals surface area contributed by atoms with Gasteiger partial charge in [0.05, 0.1) is 4.92 Å². The first-order chi connectivity index (χ1) is 11.2. The highest BCUT2D eigenvalue weighted by Gasteiger charge is 2.35. The molecular formula is C19H24N2O3. The third kappa shape index (κ3) is 3.36. The molecule has 5 heteroatoms. The molecule has 1 aromatic carbocycles. The average Bonchev–Trinajstić information content (AvgIpc) is 2.86. The van der Waals surface area contributed by atoms with Crippen LogP contribution < -0.4 is 5.32 Å². The maximum absolute atomic E-state index is 11.0. The molecular weight excluding hydrogens is 304 g/mol. The van der Waals surface area contributed by atoms with E-state index in [-0.39, 0.29) is 28.1 Å². The van der Waals surface area contributed by atoms with Gasteiger partial charge in [0.25, 0.3) is 5.69 Å². The molecule has 24 heavy (non-hydrogen) atoms. The number of non-ortho nitro benzene ring substituents is 1. The summed E-state index contributed by atoms with van der Waals surface area (Å²) in [5.74, 6) is 2.00. The van der Waals surface area contributed by atoms with Gasteiger partial charge < -0.3 is 9.73 Å². The summed E-state index contributed by atoms with van der Waals surface area (Å²) in [6, 6.07) is 9.17. The fraction of sp³-hybridized carbons (Fsp3) is 0.474. The standard InChI is InChI=1S/C19H24N2O3/c1-12-8-16-17(10-19(3,4)11-18(16)24-12)20-13(2)14-6-5-7-15(9-14)21(22)23/h5-9,13,17,20H,10-11H2,1-4H3. The molecule has 0 saturated heterocycles. The van der Waals surface area contributed by atoms with Crippen molar-refractivity contribution in [1.29, 1.82) is 0 Å². The number of rotatable bonds is 4. The number of nitro groups is 1. The SMILES string of the molecule is Cc1cc2c(o1)CC(C)(C)CC2NC(C)c1cccc([N+](=O)[O-])c1. The van der Waals surface area contributed by atoms with Gasteiger partial charge in [-0.2, -0.15) is 0 Å². The van der Waals surface area contributed by atoms with Gasteiger partial charge in [0, 0.05) is 36.2 Å². The van der Waals surface area contributed by atoms with Gasteiger partial charge >= 0.3 is 0 Å². The van der Waals surface area contributed by atoms with Gasteiger partial charge in [-0.15, -0.1) is 0 Å². The van der Waals surface area contributed by atoms with Crippen LogP contribution in [-0.2, 0) is 6.42 Å².